The highest BCUT2D eigenvalue weighted by molar-refractivity contribution is 6.32. The maximum atomic E-state index is 5.58. The molecule has 20 heavy (non-hydrogen) atoms. The van der Waals surface area contributed by atoms with E-state index in [0.717, 1.165) is 32.6 Å². The first-order valence-corrected chi connectivity index (χ1v) is 7.22. The van der Waals surface area contributed by atoms with Gasteiger partial charge in [0.1, 0.15) is 5.75 Å². The van der Waals surface area contributed by atoms with Gasteiger partial charge in [0.15, 0.2) is 0 Å². The molecule has 104 valence electrons. The minimum atomic E-state index is 0.472. The van der Waals surface area contributed by atoms with Crippen molar-refractivity contribution in [3.8, 4) is 5.75 Å². The number of benzene rings is 2. The van der Waals surface area contributed by atoms with Crippen molar-refractivity contribution in [2.24, 2.45) is 0 Å². The molecule has 1 unspecified atom stereocenters. The number of ether oxygens (including phenoxy) is 1. The Hall–Kier alpha value is -1.52. The number of methoxy groups -OCH3 is 1. The molecule has 0 spiro atoms. The van der Waals surface area contributed by atoms with E-state index in [2.05, 4.69) is 42.2 Å². The van der Waals surface area contributed by atoms with Crippen LogP contribution in [0, 0.1) is 0 Å². The summed E-state index contributed by atoms with van der Waals surface area (Å²) in [5, 5.41) is 2.48. The van der Waals surface area contributed by atoms with E-state index in [1.54, 1.807) is 7.11 Å². The summed E-state index contributed by atoms with van der Waals surface area (Å²) in [7, 11) is 2.75. The smallest absolute Gasteiger partial charge is 0.241 e. The Morgan fingerprint density at radius 1 is 1.25 bits per heavy atom. The lowest BCUT2D eigenvalue weighted by Gasteiger charge is -2.20. The van der Waals surface area contributed by atoms with E-state index >= 15 is 0 Å². The zero-order valence-electron chi connectivity index (χ0n) is 12.1. The van der Waals surface area contributed by atoms with Gasteiger partial charge in [-0.2, -0.15) is 0 Å². The van der Waals surface area contributed by atoms with Gasteiger partial charge in [-0.15, -0.1) is 0 Å². The fraction of sp³-hybridized carbons (Fsp3) is 0.375. The SMILES string of the molecule is COc1ccc2cc(C(C)CN3BCCO3)ccc2c1. The molecule has 3 rings (SSSR count). The molecule has 3 nitrogen and oxygen atoms in total. The summed E-state index contributed by atoms with van der Waals surface area (Å²) >= 11 is 0. The van der Waals surface area contributed by atoms with Crippen LogP contribution in [0.3, 0.4) is 0 Å². The van der Waals surface area contributed by atoms with E-state index < -0.39 is 0 Å². The van der Waals surface area contributed by atoms with Crippen LogP contribution in [-0.4, -0.2) is 32.7 Å². The second-order valence-electron chi connectivity index (χ2n) is 5.45. The first-order valence-electron chi connectivity index (χ1n) is 7.22. The number of rotatable bonds is 4. The molecule has 0 radical (unpaired) electrons. The van der Waals surface area contributed by atoms with Crippen LogP contribution in [0.5, 0.6) is 5.75 Å². The molecule has 1 saturated heterocycles. The Bertz CT molecular complexity index is 596. The molecular weight excluding hydrogens is 249 g/mol. The second-order valence-corrected chi connectivity index (χ2v) is 5.45. The van der Waals surface area contributed by atoms with E-state index in [1.165, 1.54) is 16.3 Å². The van der Waals surface area contributed by atoms with E-state index in [4.69, 9.17) is 9.57 Å². The summed E-state index contributed by atoms with van der Waals surface area (Å²) < 4.78 is 5.27. The van der Waals surface area contributed by atoms with Crippen molar-refractivity contribution in [2.45, 2.75) is 19.2 Å². The maximum absolute atomic E-state index is 5.58. The van der Waals surface area contributed by atoms with Gasteiger partial charge < -0.3 is 9.57 Å². The van der Waals surface area contributed by atoms with Crippen molar-refractivity contribution in [2.75, 3.05) is 20.3 Å². The van der Waals surface area contributed by atoms with Gasteiger partial charge in [0.2, 0.25) is 7.41 Å². The molecule has 0 aliphatic carbocycles. The molecule has 0 N–H and O–H groups in total. The number of hydroxylamine groups is 1. The Kier molecular flexibility index (Phi) is 3.94. The van der Waals surface area contributed by atoms with Crippen LogP contribution in [0.1, 0.15) is 18.4 Å². The monoisotopic (exact) mass is 269 g/mol. The minimum Gasteiger partial charge on any atom is -0.497 e. The normalized spacial score (nSPS) is 17.1. The number of hydrogen-bond donors (Lipinski definition) is 0. The molecule has 1 fully saturated rings. The van der Waals surface area contributed by atoms with Crippen LogP contribution in [0.4, 0.5) is 0 Å². The third-order valence-corrected chi connectivity index (χ3v) is 3.94. The first kappa shape index (κ1) is 13.5. The molecular formula is C16H20BNO2. The quantitative estimate of drug-likeness (QED) is 0.796. The van der Waals surface area contributed by atoms with Gasteiger partial charge >= 0.3 is 0 Å². The summed E-state index contributed by atoms with van der Waals surface area (Å²) in [6, 6.07) is 12.9. The molecule has 0 amide bonds. The second kappa shape index (κ2) is 5.86. The summed E-state index contributed by atoms with van der Waals surface area (Å²) in [6.07, 6.45) is 1.14. The van der Waals surface area contributed by atoms with Gasteiger partial charge in [-0.05, 0) is 40.7 Å². The summed E-state index contributed by atoms with van der Waals surface area (Å²) in [4.78, 5) is 7.67. The zero-order valence-corrected chi connectivity index (χ0v) is 12.1. The lowest BCUT2D eigenvalue weighted by atomic mass is 9.88. The predicted octanol–water partition coefficient (Wildman–Crippen LogP) is 2.97. The number of fused-ring (bicyclic) bond motifs is 1. The molecule has 2 aromatic carbocycles. The van der Waals surface area contributed by atoms with Gasteiger partial charge in [0.05, 0.1) is 13.7 Å². The third kappa shape index (κ3) is 2.81. The molecule has 1 atom stereocenters. The fourth-order valence-corrected chi connectivity index (χ4v) is 2.73. The van der Waals surface area contributed by atoms with Crippen molar-refractivity contribution in [1.82, 2.24) is 4.97 Å². The Labute approximate surface area is 120 Å². The Morgan fingerprint density at radius 3 is 2.80 bits per heavy atom. The van der Waals surface area contributed by atoms with E-state index in [-0.39, 0.29) is 0 Å². The third-order valence-electron chi connectivity index (χ3n) is 3.94. The molecule has 1 aliphatic heterocycles. The van der Waals surface area contributed by atoms with Gasteiger partial charge in [0, 0.05) is 6.54 Å². The van der Waals surface area contributed by atoms with Gasteiger partial charge in [-0.3, -0.25) is 0 Å². The first-order chi connectivity index (χ1) is 9.76. The van der Waals surface area contributed by atoms with Gasteiger partial charge in [-0.25, -0.2) is 4.97 Å². The van der Waals surface area contributed by atoms with Gasteiger partial charge in [0.25, 0.3) is 0 Å². The Balaban J connectivity index is 1.80. The molecule has 1 heterocycles. The highest BCUT2D eigenvalue weighted by Gasteiger charge is 2.18. The largest absolute Gasteiger partial charge is 0.497 e. The summed E-state index contributed by atoms with van der Waals surface area (Å²) in [5.41, 5.74) is 1.36. The van der Waals surface area contributed by atoms with Crippen LogP contribution in [-0.2, 0) is 4.84 Å². The average Bonchev–Trinajstić information content (AvgIpc) is 2.99. The Morgan fingerprint density at radius 2 is 2.05 bits per heavy atom. The highest BCUT2D eigenvalue weighted by atomic mass is 16.7. The topological polar surface area (TPSA) is 21.7 Å². The molecule has 4 heteroatoms. The van der Waals surface area contributed by atoms with Crippen molar-refractivity contribution < 1.29 is 9.57 Å². The highest BCUT2D eigenvalue weighted by Crippen LogP contribution is 2.26. The van der Waals surface area contributed by atoms with Crippen molar-refractivity contribution in [3.63, 3.8) is 0 Å². The summed E-state index contributed by atoms with van der Waals surface area (Å²) in [6.45, 7) is 4.08. The summed E-state index contributed by atoms with van der Waals surface area (Å²) in [5.74, 6) is 1.38. The van der Waals surface area contributed by atoms with Crippen LogP contribution < -0.4 is 4.74 Å². The van der Waals surface area contributed by atoms with Crippen LogP contribution >= 0.6 is 0 Å². The van der Waals surface area contributed by atoms with Crippen LogP contribution in [0.25, 0.3) is 10.8 Å². The van der Waals surface area contributed by atoms with E-state index in [9.17, 15) is 0 Å². The number of hydrogen-bond acceptors (Lipinski definition) is 3. The molecule has 2 aromatic rings. The predicted molar refractivity (Wildman–Crippen MR) is 83.5 cm³/mol. The number of nitrogens with zero attached hydrogens (tertiary/aromatic N) is 1. The van der Waals surface area contributed by atoms with Crippen LogP contribution in [0.2, 0.25) is 6.32 Å². The van der Waals surface area contributed by atoms with E-state index in [0.29, 0.717) is 5.92 Å². The van der Waals surface area contributed by atoms with Crippen molar-refractivity contribution in [3.05, 3.63) is 42.0 Å². The molecule has 0 aromatic heterocycles. The maximum Gasteiger partial charge on any atom is 0.241 e. The lowest BCUT2D eigenvalue weighted by molar-refractivity contribution is -0.0631. The molecule has 0 bridgehead atoms. The van der Waals surface area contributed by atoms with Crippen molar-refractivity contribution in [1.29, 1.82) is 0 Å². The fourth-order valence-electron chi connectivity index (χ4n) is 2.73. The average molecular weight is 269 g/mol. The zero-order chi connectivity index (χ0) is 13.9. The molecule has 1 aliphatic rings. The van der Waals surface area contributed by atoms with E-state index in [1.807, 2.05) is 6.07 Å². The molecule has 0 saturated carbocycles. The lowest BCUT2D eigenvalue weighted by Crippen LogP contribution is -2.25. The van der Waals surface area contributed by atoms with Crippen molar-refractivity contribution >= 4 is 18.2 Å². The van der Waals surface area contributed by atoms with Gasteiger partial charge in [-0.1, -0.05) is 31.2 Å². The minimum absolute atomic E-state index is 0.472. The van der Waals surface area contributed by atoms with Crippen LogP contribution in [0.15, 0.2) is 36.4 Å². The standard InChI is InChI=1S/C16H20BNO2/c1-12(11-18-17-7-8-20-18)13-3-4-15-10-16(19-2)6-5-14(15)9-13/h3-6,9-10,12,17H,7-8,11H2,1-2H3.